The molecule has 110 valence electrons. The van der Waals surface area contributed by atoms with E-state index < -0.39 is 6.10 Å². The van der Waals surface area contributed by atoms with Crippen molar-refractivity contribution in [1.82, 2.24) is 0 Å². The van der Waals surface area contributed by atoms with Crippen molar-refractivity contribution in [2.24, 2.45) is 0 Å². The largest absolute Gasteiger partial charge is 0.481 e. The smallest absolute Gasteiger partial charge is 0.265 e. The van der Waals surface area contributed by atoms with Gasteiger partial charge in [-0.15, -0.1) is 0 Å². The summed E-state index contributed by atoms with van der Waals surface area (Å²) < 4.78 is 5.75. The molecule has 0 spiro atoms. The van der Waals surface area contributed by atoms with Crippen LogP contribution in [0, 0.1) is 20.8 Å². The quantitative estimate of drug-likeness (QED) is 0.920. The van der Waals surface area contributed by atoms with Gasteiger partial charge in [0, 0.05) is 5.69 Å². The van der Waals surface area contributed by atoms with E-state index in [0.29, 0.717) is 0 Å². The Kier molecular flexibility index (Phi) is 4.63. The zero-order valence-corrected chi connectivity index (χ0v) is 12.9. The van der Waals surface area contributed by atoms with Gasteiger partial charge >= 0.3 is 0 Å². The number of aryl methyl sites for hydroxylation is 3. The summed E-state index contributed by atoms with van der Waals surface area (Å²) in [5.41, 5.74) is 4.15. The molecule has 0 heterocycles. The highest BCUT2D eigenvalue weighted by Gasteiger charge is 2.15. The standard InChI is InChI=1S/C18H21NO2/c1-12-5-8-16(9-6-12)19-18(20)15(4)21-17-10-7-13(2)11-14(17)3/h5-11,15H,1-4H3,(H,19,20)/t15-/m1/s1. The molecule has 3 nitrogen and oxygen atoms in total. The van der Waals surface area contributed by atoms with Crippen LogP contribution in [-0.2, 0) is 4.79 Å². The Balaban J connectivity index is 2.00. The molecule has 1 N–H and O–H groups in total. The van der Waals surface area contributed by atoms with E-state index in [9.17, 15) is 4.79 Å². The Morgan fingerprint density at radius 3 is 2.24 bits per heavy atom. The lowest BCUT2D eigenvalue weighted by Crippen LogP contribution is -2.30. The summed E-state index contributed by atoms with van der Waals surface area (Å²) in [6.45, 7) is 7.78. The second-order valence-corrected chi connectivity index (χ2v) is 5.38. The van der Waals surface area contributed by atoms with Crippen LogP contribution < -0.4 is 10.1 Å². The third kappa shape index (κ3) is 4.09. The molecule has 0 saturated carbocycles. The fourth-order valence-electron chi connectivity index (χ4n) is 2.06. The molecular formula is C18H21NO2. The van der Waals surface area contributed by atoms with E-state index in [1.54, 1.807) is 6.92 Å². The minimum Gasteiger partial charge on any atom is -0.481 e. The van der Waals surface area contributed by atoms with E-state index in [4.69, 9.17) is 4.74 Å². The van der Waals surface area contributed by atoms with Crippen LogP contribution in [0.25, 0.3) is 0 Å². The molecule has 21 heavy (non-hydrogen) atoms. The molecule has 1 atom stereocenters. The average molecular weight is 283 g/mol. The Bertz CT molecular complexity index is 632. The summed E-state index contributed by atoms with van der Waals surface area (Å²) in [5, 5.41) is 2.86. The summed E-state index contributed by atoms with van der Waals surface area (Å²) in [7, 11) is 0. The molecule has 0 bridgehead atoms. The van der Waals surface area contributed by atoms with Crippen LogP contribution >= 0.6 is 0 Å². The fraction of sp³-hybridized carbons (Fsp3) is 0.278. The van der Waals surface area contributed by atoms with Crippen LogP contribution in [0.5, 0.6) is 5.75 Å². The maximum Gasteiger partial charge on any atom is 0.265 e. The Labute approximate surface area is 126 Å². The highest BCUT2D eigenvalue weighted by molar-refractivity contribution is 5.94. The Morgan fingerprint density at radius 1 is 1.00 bits per heavy atom. The predicted molar refractivity (Wildman–Crippen MR) is 85.8 cm³/mol. The maximum atomic E-state index is 12.1. The van der Waals surface area contributed by atoms with Gasteiger partial charge in [-0.05, 0) is 51.5 Å². The van der Waals surface area contributed by atoms with Crippen molar-refractivity contribution >= 4 is 11.6 Å². The summed E-state index contributed by atoms with van der Waals surface area (Å²) in [5.74, 6) is 0.589. The lowest BCUT2D eigenvalue weighted by molar-refractivity contribution is -0.122. The zero-order chi connectivity index (χ0) is 15.4. The van der Waals surface area contributed by atoms with E-state index in [-0.39, 0.29) is 5.91 Å². The number of rotatable bonds is 4. The van der Waals surface area contributed by atoms with Crippen LogP contribution in [0.15, 0.2) is 42.5 Å². The predicted octanol–water partition coefficient (Wildman–Crippen LogP) is 4.02. The number of nitrogens with one attached hydrogen (secondary N) is 1. The molecule has 0 aliphatic heterocycles. The van der Waals surface area contributed by atoms with E-state index in [1.807, 2.05) is 63.2 Å². The first kappa shape index (κ1) is 15.1. The molecule has 0 aliphatic carbocycles. The molecule has 2 aromatic rings. The van der Waals surface area contributed by atoms with Crippen molar-refractivity contribution in [1.29, 1.82) is 0 Å². The number of anilines is 1. The number of hydrogen-bond acceptors (Lipinski definition) is 2. The van der Waals surface area contributed by atoms with Crippen LogP contribution in [-0.4, -0.2) is 12.0 Å². The third-order valence-electron chi connectivity index (χ3n) is 3.32. The molecule has 0 radical (unpaired) electrons. The monoisotopic (exact) mass is 283 g/mol. The summed E-state index contributed by atoms with van der Waals surface area (Å²) >= 11 is 0. The van der Waals surface area contributed by atoms with Crippen molar-refractivity contribution < 1.29 is 9.53 Å². The summed E-state index contributed by atoms with van der Waals surface area (Å²) in [6.07, 6.45) is -0.548. The Morgan fingerprint density at radius 2 is 1.62 bits per heavy atom. The number of amides is 1. The van der Waals surface area contributed by atoms with Gasteiger partial charge in [-0.3, -0.25) is 4.79 Å². The normalized spacial score (nSPS) is 11.8. The molecule has 2 rings (SSSR count). The molecule has 2 aromatic carbocycles. The molecular weight excluding hydrogens is 262 g/mol. The van der Waals surface area contributed by atoms with Gasteiger partial charge in [0.15, 0.2) is 6.10 Å². The van der Waals surface area contributed by atoms with Crippen LogP contribution in [0.1, 0.15) is 23.6 Å². The highest BCUT2D eigenvalue weighted by atomic mass is 16.5. The second-order valence-electron chi connectivity index (χ2n) is 5.38. The van der Waals surface area contributed by atoms with Crippen LogP contribution in [0.2, 0.25) is 0 Å². The molecule has 1 amide bonds. The fourth-order valence-corrected chi connectivity index (χ4v) is 2.06. The molecule has 0 aliphatic rings. The van der Waals surface area contributed by atoms with E-state index >= 15 is 0 Å². The lowest BCUT2D eigenvalue weighted by atomic mass is 10.1. The first-order chi connectivity index (χ1) is 9.95. The van der Waals surface area contributed by atoms with Crippen LogP contribution in [0.4, 0.5) is 5.69 Å². The van der Waals surface area contributed by atoms with Crippen molar-refractivity contribution in [3.05, 3.63) is 59.2 Å². The number of hydrogen-bond donors (Lipinski definition) is 1. The summed E-state index contributed by atoms with van der Waals surface area (Å²) in [4.78, 5) is 12.1. The number of carbonyl (C=O) groups is 1. The van der Waals surface area contributed by atoms with E-state index in [1.165, 1.54) is 5.56 Å². The van der Waals surface area contributed by atoms with Gasteiger partial charge in [0.1, 0.15) is 5.75 Å². The highest BCUT2D eigenvalue weighted by Crippen LogP contribution is 2.20. The first-order valence-corrected chi connectivity index (χ1v) is 7.07. The minimum atomic E-state index is -0.548. The maximum absolute atomic E-state index is 12.1. The van der Waals surface area contributed by atoms with Gasteiger partial charge in [-0.1, -0.05) is 35.4 Å². The number of ether oxygens (including phenoxy) is 1. The second kappa shape index (κ2) is 6.44. The Hall–Kier alpha value is -2.29. The van der Waals surface area contributed by atoms with Crippen molar-refractivity contribution in [3.63, 3.8) is 0 Å². The van der Waals surface area contributed by atoms with Gasteiger partial charge in [0.25, 0.3) is 5.91 Å². The zero-order valence-electron chi connectivity index (χ0n) is 12.9. The minimum absolute atomic E-state index is 0.154. The summed E-state index contributed by atoms with van der Waals surface area (Å²) in [6, 6.07) is 13.6. The topological polar surface area (TPSA) is 38.3 Å². The molecule has 0 saturated heterocycles. The molecule has 3 heteroatoms. The molecule has 0 fully saturated rings. The SMILES string of the molecule is Cc1ccc(NC(=O)[C@@H](C)Oc2ccc(C)cc2C)cc1. The van der Waals surface area contributed by atoms with Crippen molar-refractivity contribution in [2.45, 2.75) is 33.8 Å². The van der Waals surface area contributed by atoms with E-state index in [2.05, 4.69) is 5.32 Å². The van der Waals surface area contributed by atoms with Gasteiger partial charge in [0.05, 0.1) is 0 Å². The number of benzene rings is 2. The molecule has 0 unspecified atom stereocenters. The van der Waals surface area contributed by atoms with Gasteiger partial charge in [-0.2, -0.15) is 0 Å². The third-order valence-corrected chi connectivity index (χ3v) is 3.32. The average Bonchev–Trinajstić information content (AvgIpc) is 2.44. The van der Waals surface area contributed by atoms with E-state index in [0.717, 1.165) is 22.6 Å². The lowest BCUT2D eigenvalue weighted by Gasteiger charge is -2.16. The van der Waals surface area contributed by atoms with Gasteiger partial charge < -0.3 is 10.1 Å². The van der Waals surface area contributed by atoms with Crippen LogP contribution in [0.3, 0.4) is 0 Å². The van der Waals surface area contributed by atoms with Gasteiger partial charge in [-0.25, -0.2) is 0 Å². The number of carbonyl (C=O) groups excluding carboxylic acids is 1. The first-order valence-electron chi connectivity index (χ1n) is 7.07. The molecule has 0 aromatic heterocycles. The van der Waals surface area contributed by atoms with Crippen molar-refractivity contribution in [3.8, 4) is 5.75 Å². The van der Waals surface area contributed by atoms with Crippen molar-refractivity contribution in [2.75, 3.05) is 5.32 Å². The van der Waals surface area contributed by atoms with Gasteiger partial charge in [0.2, 0.25) is 0 Å².